The van der Waals surface area contributed by atoms with Crippen LogP contribution in [0.2, 0.25) is 0 Å². The molecule has 0 unspecified atom stereocenters. The zero-order valence-electron chi connectivity index (χ0n) is 14.3. The summed E-state index contributed by atoms with van der Waals surface area (Å²) in [5.41, 5.74) is 1.92. The van der Waals surface area contributed by atoms with Gasteiger partial charge >= 0.3 is 0 Å². The zero-order valence-corrected chi connectivity index (χ0v) is 15.2. The molecule has 1 fully saturated rings. The number of sulfone groups is 1. The highest BCUT2D eigenvalue weighted by Crippen LogP contribution is 2.28. The maximum atomic E-state index is 13.2. The van der Waals surface area contributed by atoms with Gasteiger partial charge in [-0.15, -0.1) is 0 Å². The Labute approximate surface area is 149 Å². The quantitative estimate of drug-likeness (QED) is 0.845. The van der Waals surface area contributed by atoms with Crippen molar-refractivity contribution in [2.75, 3.05) is 19.3 Å². The maximum absolute atomic E-state index is 13.2. The molecule has 2 aromatic carbocycles. The number of amides is 1. The average Bonchev–Trinajstić information content (AvgIpc) is 2.63. The van der Waals surface area contributed by atoms with Crippen LogP contribution < -0.4 is 0 Å². The molecule has 1 saturated heterocycles. The summed E-state index contributed by atoms with van der Waals surface area (Å²) in [6.45, 7) is 0.986. The second kappa shape index (κ2) is 7.40. The molecule has 0 aliphatic carbocycles. The average molecular weight is 357 g/mol. The van der Waals surface area contributed by atoms with Crippen molar-refractivity contribution in [1.82, 2.24) is 4.90 Å². The Bertz CT molecular complexity index is 771. The number of hydrogen-bond acceptors (Lipinski definition) is 3. The van der Waals surface area contributed by atoms with Crippen LogP contribution in [-0.2, 0) is 14.6 Å². The smallest absolute Gasteiger partial charge is 0.234 e. The minimum absolute atomic E-state index is 0.0457. The van der Waals surface area contributed by atoms with E-state index in [0.717, 1.165) is 11.1 Å². The van der Waals surface area contributed by atoms with E-state index in [1.54, 1.807) is 0 Å². The Hall–Kier alpha value is -2.14. The number of piperidine rings is 1. The molecule has 5 heteroatoms. The first kappa shape index (κ1) is 17.7. The van der Waals surface area contributed by atoms with Crippen molar-refractivity contribution in [2.24, 2.45) is 0 Å². The van der Waals surface area contributed by atoms with Gasteiger partial charge in [-0.25, -0.2) is 8.42 Å². The SMILES string of the molecule is CS(=O)(=O)C1CCN(C(=O)C(c2ccccc2)c2ccccc2)CC1. The standard InChI is InChI=1S/C20H23NO3S/c1-25(23,24)18-12-14-21(15-13-18)20(22)19(16-8-4-2-5-9-16)17-10-6-3-7-11-17/h2-11,18-19H,12-15H2,1H3. The minimum atomic E-state index is -3.04. The summed E-state index contributed by atoms with van der Waals surface area (Å²) >= 11 is 0. The summed E-state index contributed by atoms with van der Waals surface area (Å²) in [6.07, 6.45) is 2.31. The van der Waals surface area contributed by atoms with Gasteiger partial charge in [0, 0.05) is 19.3 Å². The minimum Gasteiger partial charge on any atom is -0.342 e. The largest absolute Gasteiger partial charge is 0.342 e. The molecule has 4 nitrogen and oxygen atoms in total. The fourth-order valence-corrected chi connectivity index (χ4v) is 4.52. The topological polar surface area (TPSA) is 54.5 Å². The highest BCUT2D eigenvalue weighted by Gasteiger charge is 2.33. The predicted octanol–water partition coefficient (Wildman–Crippen LogP) is 2.85. The molecule has 0 bridgehead atoms. The maximum Gasteiger partial charge on any atom is 0.234 e. The second-order valence-electron chi connectivity index (χ2n) is 6.61. The summed E-state index contributed by atoms with van der Waals surface area (Å²) in [5.74, 6) is -0.304. The lowest BCUT2D eigenvalue weighted by atomic mass is 9.89. The first-order valence-corrected chi connectivity index (χ1v) is 10.5. The number of carbonyl (C=O) groups excluding carboxylic acids is 1. The van der Waals surface area contributed by atoms with Crippen molar-refractivity contribution in [3.63, 3.8) is 0 Å². The lowest BCUT2D eigenvalue weighted by Crippen LogP contribution is -2.44. The van der Waals surface area contributed by atoms with Crippen LogP contribution >= 0.6 is 0 Å². The van der Waals surface area contributed by atoms with Crippen LogP contribution in [-0.4, -0.2) is 43.8 Å². The van der Waals surface area contributed by atoms with E-state index in [1.165, 1.54) is 6.26 Å². The van der Waals surface area contributed by atoms with E-state index < -0.39 is 9.84 Å². The van der Waals surface area contributed by atoms with Crippen molar-refractivity contribution in [1.29, 1.82) is 0 Å². The molecule has 0 saturated carbocycles. The molecule has 25 heavy (non-hydrogen) atoms. The number of benzene rings is 2. The molecule has 1 heterocycles. The third-order valence-electron chi connectivity index (χ3n) is 4.87. The summed E-state index contributed by atoms with van der Waals surface area (Å²) < 4.78 is 23.5. The molecule has 0 aromatic heterocycles. The van der Waals surface area contributed by atoms with Crippen LogP contribution in [0.3, 0.4) is 0 Å². The zero-order chi connectivity index (χ0) is 17.9. The third-order valence-corrected chi connectivity index (χ3v) is 6.55. The van der Waals surface area contributed by atoms with Gasteiger partial charge in [-0.2, -0.15) is 0 Å². The van der Waals surface area contributed by atoms with Gasteiger partial charge in [0.25, 0.3) is 0 Å². The van der Waals surface area contributed by atoms with Crippen molar-refractivity contribution in [2.45, 2.75) is 24.0 Å². The Balaban J connectivity index is 1.84. The van der Waals surface area contributed by atoms with Crippen LogP contribution in [0.4, 0.5) is 0 Å². The molecule has 1 amide bonds. The molecular weight excluding hydrogens is 334 g/mol. The Morgan fingerprint density at radius 3 is 1.76 bits per heavy atom. The lowest BCUT2D eigenvalue weighted by Gasteiger charge is -2.34. The Morgan fingerprint density at radius 1 is 0.920 bits per heavy atom. The van der Waals surface area contributed by atoms with Crippen LogP contribution in [0.25, 0.3) is 0 Å². The normalized spacial score (nSPS) is 16.2. The fourth-order valence-electron chi connectivity index (χ4n) is 3.46. The fraction of sp³-hybridized carbons (Fsp3) is 0.350. The van der Waals surface area contributed by atoms with Crippen molar-refractivity contribution < 1.29 is 13.2 Å². The molecule has 1 aliphatic rings. The van der Waals surface area contributed by atoms with Crippen LogP contribution in [0.1, 0.15) is 29.9 Å². The van der Waals surface area contributed by atoms with E-state index in [9.17, 15) is 13.2 Å². The Morgan fingerprint density at radius 2 is 1.36 bits per heavy atom. The van der Waals surface area contributed by atoms with E-state index in [-0.39, 0.29) is 17.1 Å². The molecule has 0 atom stereocenters. The van der Waals surface area contributed by atoms with Crippen LogP contribution in [0.5, 0.6) is 0 Å². The predicted molar refractivity (Wildman–Crippen MR) is 99.2 cm³/mol. The molecule has 0 radical (unpaired) electrons. The van der Waals surface area contributed by atoms with Gasteiger partial charge in [0.05, 0.1) is 11.2 Å². The van der Waals surface area contributed by atoms with Gasteiger partial charge in [0.1, 0.15) is 9.84 Å². The van der Waals surface area contributed by atoms with Gasteiger partial charge < -0.3 is 4.90 Å². The van der Waals surface area contributed by atoms with Gasteiger partial charge in [-0.05, 0) is 24.0 Å². The van der Waals surface area contributed by atoms with Crippen LogP contribution in [0.15, 0.2) is 60.7 Å². The van der Waals surface area contributed by atoms with Gasteiger partial charge in [-0.1, -0.05) is 60.7 Å². The molecule has 0 spiro atoms. The molecule has 0 N–H and O–H groups in total. The van der Waals surface area contributed by atoms with E-state index in [2.05, 4.69) is 0 Å². The van der Waals surface area contributed by atoms with E-state index in [4.69, 9.17) is 0 Å². The number of carbonyl (C=O) groups is 1. The van der Waals surface area contributed by atoms with Gasteiger partial charge in [-0.3, -0.25) is 4.79 Å². The summed E-state index contributed by atoms with van der Waals surface area (Å²) in [6, 6.07) is 19.5. The van der Waals surface area contributed by atoms with E-state index in [1.807, 2.05) is 65.6 Å². The van der Waals surface area contributed by atoms with Gasteiger partial charge in [0.15, 0.2) is 0 Å². The number of hydrogen-bond donors (Lipinski definition) is 0. The number of likely N-dealkylation sites (tertiary alicyclic amines) is 1. The van der Waals surface area contributed by atoms with Gasteiger partial charge in [0.2, 0.25) is 5.91 Å². The first-order chi connectivity index (χ1) is 12.0. The van der Waals surface area contributed by atoms with Crippen molar-refractivity contribution in [3.8, 4) is 0 Å². The molecular formula is C20H23NO3S. The molecule has 132 valence electrons. The Kier molecular flexibility index (Phi) is 5.23. The monoisotopic (exact) mass is 357 g/mol. The van der Waals surface area contributed by atoms with E-state index in [0.29, 0.717) is 25.9 Å². The lowest BCUT2D eigenvalue weighted by molar-refractivity contribution is -0.132. The molecule has 3 rings (SSSR count). The number of rotatable bonds is 4. The van der Waals surface area contributed by atoms with E-state index >= 15 is 0 Å². The highest BCUT2D eigenvalue weighted by atomic mass is 32.2. The van der Waals surface area contributed by atoms with Crippen molar-refractivity contribution >= 4 is 15.7 Å². The summed E-state index contributed by atoms with van der Waals surface area (Å²) in [4.78, 5) is 15.0. The highest BCUT2D eigenvalue weighted by molar-refractivity contribution is 7.91. The molecule has 1 aliphatic heterocycles. The number of nitrogens with zero attached hydrogens (tertiary/aromatic N) is 1. The first-order valence-electron chi connectivity index (χ1n) is 8.54. The summed E-state index contributed by atoms with van der Waals surface area (Å²) in [7, 11) is -3.04. The third kappa shape index (κ3) is 4.10. The van der Waals surface area contributed by atoms with Crippen molar-refractivity contribution in [3.05, 3.63) is 71.8 Å². The summed E-state index contributed by atoms with van der Waals surface area (Å²) in [5, 5.41) is -0.330. The second-order valence-corrected chi connectivity index (χ2v) is 8.93. The van der Waals surface area contributed by atoms with Crippen LogP contribution in [0, 0.1) is 0 Å². The molecule has 2 aromatic rings.